The molecule has 0 rings (SSSR count). The predicted octanol–water partition coefficient (Wildman–Crippen LogP) is 2.73. The van der Waals surface area contributed by atoms with Gasteiger partial charge in [-0.15, -0.1) is 5.92 Å². The second kappa shape index (κ2) is 6.27. The molecule has 2 nitrogen and oxygen atoms in total. The minimum absolute atomic E-state index is 0.304. The fourth-order valence-corrected chi connectivity index (χ4v) is 1.68. The molecule has 0 spiro atoms. The molecule has 0 amide bonds. The Hall–Kier alpha value is -0.520. The van der Waals surface area contributed by atoms with E-state index in [-0.39, 0.29) is 6.10 Å². The Balaban J connectivity index is 4.38. The maximum atomic E-state index is 10.4. The zero-order valence-electron chi connectivity index (χ0n) is 11.3. The van der Waals surface area contributed by atoms with Gasteiger partial charge in [-0.05, 0) is 47.0 Å². The molecule has 2 heteroatoms. The summed E-state index contributed by atoms with van der Waals surface area (Å²) in [6.45, 7) is 9.51. The zero-order chi connectivity index (χ0) is 12.8. The Labute approximate surface area is 100 Å². The van der Waals surface area contributed by atoms with Crippen LogP contribution in [0.4, 0.5) is 0 Å². The smallest absolute Gasteiger partial charge is 0.0780 e. The van der Waals surface area contributed by atoms with Crippen LogP contribution in [0.3, 0.4) is 0 Å². The number of aliphatic hydroxyl groups excluding tert-OH is 1. The van der Waals surface area contributed by atoms with Crippen LogP contribution in [0.2, 0.25) is 0 Å². The molecule has 0 aliphatic heterocycles. The number of hydrogen-bond acceptors (Lipinski definition) is 2. The molecule has 0 aliphatic carbocycles. The summed E-state index contributed by atoms with van der Waals surface area (Å²) in [5, 5.41) is 20.0. The van der Waals surface area contributed by atoms with Crippen molar-refractivity contribution in [3.8, 4) is 11.8 Å². The first-order valence-electron chi connectivity index (χ1n) is 6.11. The zero-order valence-corrected chi connectivity index (χ0v) is 11.3. The van der Waals surface area contributed by atoms with Crippen molar-refractivity contribution in [1.29, 1.82) is 0 Å². The molecule has 0 aromatic heterocycles. The molecule has 0 aliphatic rings. The number of rotatable bonds is 6. The van der Waals surface area contributed by atoms with Crippen molar-refractivity contribution >= 4 is 0 Å². The van der Waals surface area contributed by atoms with Gasteiger partial charge in [-0.3, -0.25) is 0 Å². The van der Waals surface area contributed by atoms with Crippen LogP contribution in [-0.2, 0) is 0 Å². The van der Waals surface area contributed by atoms with E-state index in [1.54, 1.807) is 13.8 Å². The third-order valence-corrected chi connectivity index (χ3v) is 3.37. The third-order valence-electron chi connectivity index (χ3n) is 3.37. The standard InChI is InChI=1S/C14H26O2/c1-6-8-12(15)9-11-14(5,16)13(3,4)10-7-2/h12,15-16H,6,8-9,11H2,1-5H3. The summed E-state index contributed by atoms with van der Waals surface area (Å²) in [4.78, 5) is 0. The van der Waals surface area contributed by atoms with Gasteiger partial charge in [0.2, 0.25) is 0 Å². The lowest BCUT2D eigenvalue weighted by Gasteiger charge is -2.36. The molecular weight excluding hydrogens is 200 g/mol. The lowest BCUT2D eigenvalue weighted by atomic mass is 9.73. The van der Waals surface area contributed by atoms with Crippen molar-refractivity contribution in [2.45, 2.75) is 72.0 Å². The lowest BCUT2D eigenvalue weighted by Crippen LogP contribution is -2.41. The van der Waals surface area contributed by atoms with Crippen molar-refractivity contribution in [3.05, 3.63) is 0 Å². The molecule has 94 valence electrons. The summed E-state index contributed by atoms with van der Waals surface area (Å²) < 4.78 is 0. The van der Waals surface area contributed by atoms with E-state index < -0.39 is 11.0 Å². The second-order valence-electron chi connectivity index (χ2n) is 5.26. The van der Waals surface area contributed by atoms with Gasteiger partial charge in [0.1, 0.15) is 0 Å². The molecule has 16 heavy (non-hydrogen) atoms. The first kappa shape index (κ1) is 15.5. The molecule has 0 saturated heterocycles. The van der Waals surface area contributed by atoms with Crippen molar-refractivity contribution in [3.63, 3.8) is 0 Å². The van der Waals surface area contributed by atoms with Gasteiger partial charge in [-0.25, -0.2) is 0 Å². The molecular formula is C14H26O2. The maximum Gasteiger partial charge on any atom is 0.0780 e. The van der Waals surface area contributed by atoms with E-state index in [9.17, 15) is 10.2 Å². The number of aliphatic hydroxyl groups is 2. The van der Waals surface area contributed by atoms with Gasteiger partial charge in [0, 0.05) is 0 Å². The van der Waals surface area contributed by atoms with E-state index in [0.29, 0.717) is 12.8 Å². The highest BCUT2D eigenvalue weighted by Crippen LogP contribution is 2.34. The molecule has 0 fully saturated rings. The molecule has 0 saturated carbocycles. The Morgan fingerprint density at radius 1 is 1.19 bits per heavy atom. The van der Waals surface area contributed by atoms with Crippen LogP contribution in [0.1, 0.15) is 60.3 Å². The Morgan fingerprint density at radius 3 is 2.19 bits per heavy atom. The first-order chi connectivity index (χ1) is 7.27. The van der Waals surface area contributed by atoms with E-state index in [0.717, 1.165) is 12.8 Å². The average molecular weight is 226 g/mol. The van der Waals surface area contributed by atoms with E-state index >= 15 is 0 Å². The normalized spacial score (nSPS) is 17.2. The quantitative estimate of drug-likeness (QED) is 0.684. The summed E-state index contributed by atoms with van der Waals surface area (Å²) in [6, 6.07) is 0. The minimum Gasteiger partial charge on any atom is -0.393 e. The molecule has 0 heterocycles. The fourth-order valence-electron chi connectivity index (χ4n) is 1.68. The van der Waals surface area contributed by atoms with Crippen LogP contribution >= 0.6 is 0 Å². The lowest BCUT2D eigenvalue weighted by molar-refractivity contribution is -0.0380. The molecule has 0 aromatic carbocycles. The van der Waals surface area contributed by atoms with Gasteiger partial charge in [0.25, 0.3) is 0 Å². The predicted molar refractivity (Wildman–Crippen MR) is 68.0 cm³/mol. The van der Waals surface area contributed by atoms with Crippen molar-refractivity contribution in [2.24, 2.45) is 5.41 Å². The monoisotopic (exact) mass is 226 g/mol. The summed E-state index contributed by atoms with van der Waals surface area (Å²) in [6.07, 6.45) is 2.69. The van der Waals surface area contributed by atoms with Gasteiger partial charge in [0.05, 0.1) is 17.1 Å². The highest BCUT2D eigenvalue weighted by Gasteiger charge is 2.37. The van der Waals surface area contributed by atoms with E-state index in [1.165, 1.54) is 0 Å². The third kappa shape index (κ3) is 4.55. The van der Waals surface area contributed by atoms with E-state index in [1.807, 2.05) is 20.8 Å². The fraction of sp³-hybridized carbons (Fsp3) is 0.857. The second-order valence-corrected chi connectivity index (χ2v) is 5.26. The maximum absolute atomic E-state index is 10.4. The number of hydrogen-bond donors (Lipinski definition) is 2. The van der Waals surface area contributed by atoms with Crippen LogP contribution in [0, 0.1) is 17.3 Å². The molecule has 0 bridgehead atoms. The van der Waals surface area contributed by atoms with Gasteiger partial charge in [0.15, 0.2) is 0 Å². The molecule has 2 N–H and O–H groups in total. The van der Waals surface area contributed by atoms with E-state index in [4.69, 9.17) is 0 Å². The van der Waals surface area contributed by atoms with Crippen molar-refractivity contribution in [1.82, 2.24) is 0 Å². The Morgan fingerprint density at radius 2 is 1.75 bits per heavy atom. The van der Waals surface area contributed by atoms with E-state index in [2.05, 4.69) is 11.8 Å². The van der Waals surface area contributed by atoms with Gasteiger partial charge >= 0.3 is 0 Å². The molecule has 0 radical (unpaired) electrons. The topological polar surface area (TPSA) is 40.5 Å². The van der Waals surface area contributed by atoms with Crippen LogP contribution in [0.15, 0.2) is 0 Å². The van der Waals surface area contributed by atoms with Crippen LogP contribution in [0.25, 0.3) is 0 Å². The summed E-state index contributed by atoms with van der Waals surface area (Å²) in [5.41, 5.74) is -1.29. The average Bonchev–Trinajstić information content (AvgIpc) is 2.15. The van der Waals surface area contributed by atoms with Gasteiger partial charge < -0.3 is 10.2 Å². The summed E-state index contributed by atoms with van der Waals surface area (Å²) in [5.74, 6) is 5.89. The molecule has 2 atom stereocenters. The summed E-state index contributed by atoms with van der Waals surface area (Å²) >= 11 is 0. The van der Waals surface area contributed by atoms with Crippen molar-refractivity contribution in [2.75, 3.05) is 0 Å². The van der Waals surface area contributed by atoms with Crippen LogP contribution < -0.4 is 0 Å². The molecule has 2 unspecified atom stereocenters. The minimum atomic E-state index is -0.856. The highest BCUT2D eigenvalue weighted by molar-refractivity contribution is 5.13. The van der Waals surface area contributed by atoms with Crippen LogP contribution in [0.5, 0.6) is 0 Å². The van der Waals surface area contributed by atoms with Gasteiger partial charge in [-0.2, -0.15) is 0 Å². The highest BCUT2D eigenvalue weighted by atomic mass is 16.3. The summed E-state index contributed by atoms with van der Waals surface area (Å²) in [7, 11) is 0. The van der Waals surface area contributed by atoms with Crippen LogP contribution in [-0.4, -0.2) is 21.9 Å². The van der Waals surface area contributed by atoms with Gasteiger partial charge in [-0.1, -0.05) is 19.3 Å². The Kier molecular flexibility index (Phi) is 6.07. The largest absolute Gasteiger partial charge is 0.393 e. The van der Waals surface area contributed by atoms with Crippen molar-refractivity contribution < 1.29 is 10.2 Å². The molecule has 0 aromatic rings. The Bertz CT molecular complexity index is 256. The first-order valence-corrected chi connectivity index (χ1v) is 6.11. The SMILES string of the molecule is CC#CC(C)(C)C(C)(O)CCC(O)CCC.